The van der Waals surface area contributed by atoms with Gasteiger partial charge in [-0.2, -0.15) is 5.10 Å². The second-order valence-corrected chi connectivity index (χ2v) is 4.67. The minimum absolute atomic E-state index is 0.286. The number of aryl methyl sites for hydroxylation is 2. The van der Waals surface area contributed by atoms with Crippen molar-refractivity contribution in [2.24, 2.45) is 7.05 Å². The minimum Gasteiger partial charge on any atom is -0.297 e. The van der Waals surface area contributed by atoms with E-state index in [1.165, 1.54) is 17.4 Å². The van der Waals surface area contributed by atoms with Crippen molar-refractivity contribution in [2.45, 2.75) is 6.92 Å². The summed E-state index contributed by atoms with van der Waals surface area (Å²) in [6.07, 6.45) is 3.01. The van der Waals surface area contributed by atoms with Gasteiger partial charge < -0.3 is 0 Å². The van der Waals surface area contributed by atoms with Gasteiger partial charge in [-0.1, -0.05) is 22.9 Å². The summed E-state index contributed by atoms with van der Waals surface area (Å²) in [4.78, 5) is 11.6. The van der Waals surface area contributed by atoms with Crippen LogP contribution in [0.25, 0.3) is 6.08 Å². The summed E-state index contributed by atoms with van der Waals surface area (Å²) in [5.41, 5.74) is 3.04. The highest BCUT2D eigenvalue weighted by atomic mass is 35.5. The van der Waals surface area contributed by atoms with E-state index in [-0.39, 0.29) is 5.91 Å². The molecule has 0 unspecified atom stereocenters. The van der Waals surface area contributed by atoms with Crippen molar-refractivity contribution in [3.8, 4) is 0 Å². The molecule has 94 valence electrons. The summed E-state index contributed by atoms with van der Waals surface area (Å²) in [5.74, 6) is -0.286. The number of amides is 1. The zero-order valence-corrected chi connectivity index (χ0v) is 11.3. The first kappa shape index (κ1) is 12.7. The van der Waals surface area contributed by atoms with Crippen LogP contribution in [0.15, 0.2) is 11.6 Å². The zero-order chi connectivity index (χ0) is 13.1. The number of hydrogen-bond acceptors (Lipinski definition) is 5. The summed E-state index contributed by atoms with van der Waals surface area (Å²) < 4.78 is 1.55. The number of rotatable bonds is 3. The molecule has 0 aliphatic heterocycles. The summed E-state index contributed by atoms with van der Waals surface area (Å²) in [6.45, 7) is 1.83. The molecule has 0 bridgehead atoms. The first-order valence-corrected chi connectivity index (χ1v) is 6.28. The molecule has 0 atom stereocenters. The predicted octanol–water partition coefficient (Wildman–Crippen LogP) is 1.89. The standard InChI is InChI=1S/C10H10ClN5OS/c1-6-7(9(11)16(2)15-6)3-4-8(17)13-10-14-12-5-18-10/h3-5H,1-2H3,(H,13,14,17)/b4-3+. The van der Waals surface area contributed by atoms with Crippen LogP contribution in [0.5, 0.6) is 0 Å². The Morgan fingerprint density at radius 3 is 2.94 bits per heavy atom. The molecule has 1 N–H and O–H groups in total. The number of nitrogens with one attached hydrogen (secondary N) is 1. The maximum absolute atomic E-state index is 11.6. The Hall–Kier alpha value is -1.73. The summed E-state index contributed by atoms with van der Waals surface area (Å²) in [7, 11) is 1.74. The molecule has 0 aliphatic rings. The van der Waals surface area contributed by atoms with Crippen LogP contribution in [-0.2, 0) is 11.8 Å². The fourth-order valence-corrected chi connectivity index (χ4v) is 2.05. The van der Waals surface area contributed by atoms with Crippen molar-refractivity contribution in [2.75, 3.05) is 5.32 Å². The van der Waals surface area contributed by atoms with Crippen LogP contribution >= 0.6 is 22.9 Å². The van der Waals surface area contributed by atoms with Gasteiger partial charge in [0.05, 0.1) is 5.69 Å². The highest BCUT2D eigenvalue weighted by molar-refractivity contribution is 7.13. The first-order valence-electron chi connectivity index (χ1n) is 5.02. The molecule has 0 saturated carbocycles. The third kappa shape index (κ3) is 2.74. The van der Waals surface area contributed by atoms with Crippen molar-refractivity contribution in [3.05, 3.63) is 28.0 Å². The Morgan fingerprint density at radius 1 is 1.61 bits per heavy atom. The quantitative estimate of drug-likeness (QED) is 0.873. The van der Waals surface area contributed by atoms with Gasteiger partial charge in [0.1, 0.15) is 10.7 Å². The molecule has 2 aromatic heterocycles. The number of carbonyl (C=O) groups is 1. The molecule has 2 rings (SSSR count). The third-order valence-electron chi connectivity index (χ3n) is 2.19. The average molecular weight is 284 g/mol. The molecule has 2 aromatic rings. The molecular formula is C10H10ClN5OS. The number of anilines is 1. The van der Waals surface area contributed by atoms with Crippen molar-refractivity contribution in [1.82, 2.24) is 20.0 Å². The van der Waals surface area contributed by atoms with E-state index in [4.69, 9.17) is 11.6 Å². The normalized spacial score (nSPS) is 11.1. The van der Waals surface area contributed by atoms with Gasteiger partial charge in [0.2, 0.25) is 11.0 Å². The maximum Gasteiger partial charge on any atom is 0.250 e. The van der Waals surface area contributed by atoms with E-state index in [9.17, 15) is 4.79 Å². The van der Waals surface area contributed by atoms with E-state index < -0.39 is 0 Å². The smallest absolute Gasteiger partial charge is 0.250 e. The first-order chi connectivity index (χ1) is 8.58. The largest absolute Gasteiger partial charge is 0.297 e. The van der Waals surface area contributed by atoms with Gasteiger partial charge in [-0.3, -0.25) is 14.8 Å². The summed E-state index contributed by atoms with van der Waals surface area (Å²) in [5, 5.41) is 15.0. The Morgan fingerprint density at radius 2 is 2.39 bits per heavy atom. The predicted molar refractivity (Wildman–Crippen MR) is 70.5 cm³/mol. The Bertz CT molecular complexity index is 590. The SMILES string of the molecule is Cc1nn(C)c(Cl)c1/C=C/C(=O)Nc1nncs1. The van der Waals surface area contributed by atoms with Crippen molar-refractivity contribution < 1.29 is 4.79 Å². The molecule has 0 spiro atoms. The van der Waals surface area contributed by atoms with E-state index in [2.05, 4.69) is 20.6 Å². The molecular weight excluding hydrogens is 274 g/mol. The van der Waals surface area contributed by atoms with Gasteiger partial charge >= 0.3 is 0 Å². The molecule has 8 heteroatoms. The Kier molecular flexibility index (Phi) is 3.73. The molecule has 0 saturated heterocycles. The van der Waals surface area contributed by atoms with Crippen LogP contribution in [0.2, 0.25) is 5.15 Å². The molecule has 1 amide bonds. The van der Waals surface area contributed by atoms with Gasteiger partial charge in [0.25, 0.3) is 0 Å². The fourth-order valence-electron chi connectivity index (χ4n) is 1.37. The second-order valence-electron chi connectivity index (χ2n) is 3.48. The number of halogens is 1. The maximum atomic E-state index is 11.6. The van der Waals surface area contributed by atoms with Crippen molar-refractivity contribution in [1.29, 1.82) is 0 Å². The lowest BCUT2D eigenvalue weighted by Gasteiger charge is -1.95. The van der Waals surface area contributed by atoms with Gasteiger partial charge in [-0.15, -0.1) is 10.2 Å². The zero-order valence-electron chi connectivity index (χ0n) is 9.72. The lowest BCUT2D eigenvalue weighted by Crippen LogP contribution is -2.07. The average Bonchev–Trinajstić information content (AvgIpc) is 2.88. The van der Waals surface area contributed by atoms with E-state index in [0.717, 1.165) is 11.3 Å². The van der Waals surface area contributed by atoms with E-state index in [1.807, 2.05) is 6.92 Å². The topological polar surface area (TPSA) is 72.7 Å². The molecule has 18 heavy (non-hydrogen) atoms. The Balaban J connectivity index is 2.09. The number of nitrogens with zero attached hydrogens (tertiary/aromatic N) is 4. The Labute approximate surface area is 112 Å². The molecule has 0 aromatic carbocycles. The van der Waals surface area contributed by atoms with Crippen molar-refractivity contribution >= 4 is 40.1 Å². The highest BCUT2D eigenvalue weighted by Gasteiger charge is 2.08. The van der Waals surface area contributed by atoms with Gasteiger partial charge in [-0.05, 0) is 13.0 Å². The van der Waals surface area contributed by atoms with E-state index >= 15 is 0 Å². The van der Waals surface area contributed by atoms with E-state index in [0.29, 0.717) is 10.3 Å². The highest BCUT2D eigenvalue weighted by Crippen LogP contribution is 2.20. The number of aromatic nitrogens is 4. The fraction of sp³-hybridized carbons (Fsp3) is 0.200. The van der Waals surface area contributed by atoms with Gasteiger partial charge in [0, 0.05) is 18.7 Å². The lowest BCUT2D eigenvalue weighted by molar-refractivity contribution is -0.111. The van der Waals surface area contributed by atoms with Crippen LogP contribution in [0.4, 0.5) is 5.13 Å². The van der Waals surface area contributed by atoms with Crippen LogP contribution in [0.3, 0.4) is 0 Å². The third-order valence-corrected chi connectivity index (χ3v) is 3.24. The van der Waals surface area contributed by atoms with Crippen molar-refractivity contribution in [3.63, 3.8) is 0 Å². The monoisotopic (exact) mass is 283 g/mol. The van der Waals surface area contributed by atoms with E-state index in [1.54, 1.807) is 23.3 Å². The van der Waals surface area contributed by atoms with Gasteiger partial charge in [0.15, 0.2) is 0 Å². The summed E-state index contributed by atoms with van der Waals surface area (Å²) in [6, 6.07) is 0. The van der Waals surface area contributed by atoms with Crippen LogP contribution in [-0.4, -0.2) is 25.9 Å². The minimum atomic E-state index is -0.286. The lowest BCUT2D eigenvalue weighted by atomic mass is 10.2. The molecule has 6 nitrogen and oxygen atoms in total. The van der Waals surface area contributed by atoms with Crippen LogP contribution in [0, 0.1) is 6.92 Å². The molecule has 0 aliphatic carbocycles. The molecule has 2 heterocycles. The second kappa shape index (κ2) is 5.28. The number of carbonyl (C=O) groups excluding carboxylic acids is 1. The van der Waals surface area contributed by atoms with Crippen LogP contribution in [0.1, 0.15) is 11.3 Å². The van der Waals surface area contributed by atoms with Crippen LogP contribution < -0.4 is 5.32 Å². The molecule has 0 radical (unpaired) electrons. The summed E-state index contributed by atoms with van der Waals surface area (Å²) >= 11 is 7.29. The number of hydrogen-bond donors (Lipinski definition) is 1. The molecule has 0 fully saturated rings. The van der Waals surface area contributed by atoms with Gasteiger partial charge in [-0.25, -0.2) is 0 Å².